The molecule has 1 amide bonds. The number of rotatable bonds is 7. The lowest BCUT2D eigenvalue weighted by Gasteiger charge is -2.34. The summed E-state index contributed by atoms with van der Waals surface area (Å²) in [5.41, 5.74) is 2.20. The number of nitrogens with zero attached hydrogens (tertiary/aromatic N) is 4. The molecular formula is C21H28N4O2. The molecule has 4 rings (SSSR count). The maximum absolute atomic E-state index is 12.8. The van der Waals surface area contributed by atoms with E-state index in [1.165, 1.54) is 25.7 Å². The summed E-state index contributed by atoms with van der Waals surface area (Å²) in [5.74, 6) is 0.890. The van der Waals surface area contributed by atoms with Crippen molar-refractivity contribution in [3.63, 3.8) is 0 Å². The van der Waals surface area contributed by atoms with Gasteiger partial charge in [-0.2, -0.15) is 5.10 Å². The zero-order valence-electron chi connectivity index (χ0n) is 15.8. The van der Waals surface area contributed by atoms with E-state index < -0.39 is 0 Å². The van der Waals surface area contributed by atoms with Crippen LogP contribution in [-0.2, 0) is 22.7 Å². The van der Waals surface area contributed by atoms with Crippen LogP contribution in [0.15, 0.2) is 36.8 Å². The first-order valence-corrected chi connectivity index (χ1v) is 10.1. The highest BCUT2D eigenvalue weighted by atomic mass is 16.5. The molecule has 3 heterocycles. The van der Waals surface area contributed by atoms with E-state index in [2.05, 4.69) is 14.8 Å². The second kappa shape index (κ2) is 8.65. The number of hydrogen-bond acceptors (Lipinski definition) is 4. The molecule has 1 aliphatic carbocycles. The van der Waals surface area contributed by atoms with Gasteiger partial charge in [-0.15, -0.1) is 0 Å². The Balaban J connectivity index is 1.31. The van der Waals surface area contributed by atoms with Crippen LogP contribution < -0.4 is 0 Å². The highest BCUT2D eigenvalue weighted by Gasteiger charge is 2.30. The highest BCUT2D eigenvalue weighted by molar-refractivity contribution is 5.76. The molecule has 2 aliphatic rings. The molecule has 1 atom stereocenters. The van der Waals surface area contributed by atoms with E-state index >= 15 is 0 Å². The Morgan fingerprint density at radius 1 is 1.22 bits per heavy atom. The van der Waals surface area contributed by atoms with E-state index in [0.717, 1.165) is 24.2 Å². The van der Waals surface area contributed by atoms with Gasteiger partial charge in [0.25, 0.3) is 0 Å². The number of aromatic nitrogens is 3. The molecule has 0 saturated heterocycles. The number of ether oxygens (including phenoxy) is 1. The van der Waals surface area contributed by atoms with E-state index in [1.807, 2.05) is 35.5 Å². The maximum Gasteiger partial charge on any atom is 0.223 e. The van der Waals surface area contributed by atoms with Crippen LogP contribution in [0.3, 0.4) is 0 Å². The van der Waals surface area contributed by atoms with Gasteiger partial charge in [-0.1, -0.05) is 18.9 Å². The monoisotopic (exact) mass is 368 g/mol. The van der Waals surface area contributed by atoms with Crippen molar-refractivity contribution >= 4 is 5.91 Å². The quantitative estimate of drug-likeness (QED) is 0.703. The van der Waals surface area contributed by atoms with E-state index in [9.17, 15) is 4.79 Å². The predicted molar refractivity (Wildman–Crippen MR) is 102 cm³/mol. The average Bonchev–Trinajstić information content (AvgIpc) is 3.37. The summed E-state index contributed by atoms with van der Waals surface area (Å²) >= 11 is 0. The van der Waals surface area contributed by atoms with Gasteiger partial charge in [-0.3, -0.25) is 14.5 Å². The molecular weight excluding hydrogens is 340 g/mol. The van der Waals surface area contributed by atoms with Crippen molar-refractivity contribution in [3.8, 4) is 0 Å². The second-order valence-corrected chi connectivity index (χ2v) is 7.75. The molecule has 0 aromatic carbocycles. The first-order valence-electron chi connectivity index (χ1n) is 10.1. The van der Waals surface area contributed by atoms with Crippen LogP contribution in [0.5, 0.6) is 0 Å². The average molecular weight is 368 g/mol. The number of fused-ring (bicyclic) bond motifs is 1. The van der Waals surface area contributed by atoms with Crippen LogP contribution in [0.4, 0.5) is 0 Å². The van der Waals surface area contributed by atoms with E-state index in [4.69, 9.17) is 4.74 Å². The Morgan fingerprint density at radius 3 is 2.93 bits per heavy atom. The fourth-order valence-electron chi connectivity index (χ4n) is 4.27. The van der Waals surface area contributed by atoms with Crippen LogP contribution in [0.25, 0.3) is 0 Å². The zero-order chi connectivity index (χ0) is 18.5. The normalized spacial score (nSPS) is 20.0. The van der Waals surface area contributed by atoms with Crippen LogP contribution in [0, 0.1) is 5.92 Å². The minimum Gasteiger partial charge on any atom is -0.377 e. The van der Waals surface area contributed by atoms with Crippen molar-refractivity contribution in [2.75, 3.05) is 13.2 Å². The standard InChI is InChI=1S/C21H28N4O2/c26-21(12-17-4-1-2-5-17)24-14-19-7-10-23-25(19)20(15-24)8-11-27-16-18-6-3-9-22-13-18/h3,6-7,9-10,13,17,20H,1-2,4-5,8,11-12,14-16H2/t20-/m1/s1. The van der Waals surface area contributed by atoms with Gasteiger partial charge in [0.2, 0.25) is 5.91 Å². The van der Waals surface area contributed by atoms with Gasteiger partial charge in [-0.05, 0) is 42.9 Å². The third kappa shape index (κ3) is 4.56. The molecule has 6 nitrogen and oxygen atoms in total. The lowest BCUT2D eigenvalue weighted by molar-refractivity contribution is -0.134. The lowest BCUT2D eigenvalue weighted by Crippen LogP contribution is -2.42. The molecule has 144 valence electrons. The number of hydrogen-bond donors (Lipinski definition) is 0. The third-order valence-corrected chi connectivity index (χ3v) is 5.76. The zero-order valence-corrected chi connectivity index (χ0v) is 15.8. The van der Waals surface area contributed by atoms with Crippen molar-refractivity contribution in [1.29, 1.82) is 0 Å². The molecule has 1 saturated carbocycles. The lowest BCUT2D eigenvalue weighted by atomic mass is 10.0. The fourth-order valence-corrected chi connectivity index (χ4v) is 4.27. The van der Waals surface area contributed by atoms with Crippen molar-refractivity contribution in [2.45, 2.75) is 57.7 Å². The van der Waals surface area contributed by atoms with Gasteiger partial charge in [0.05, 0.1) is 24.9 Å². The van der Waals surface area contributed by atoms with Gasteiger partial charge in [0.1, 0.15) is 0 Å². The van der Waals surface area contributed by atoms with Crippen molar-refractivity contribution < 1.29 is 9.53 Å². The molecule has 0 bridgehead atoms. The topological polar surface area (TPSA) is 60.2 Å². The van der Waals surface area contributed by atoms with Crippen molar-refractivity contribution in [2.24, 2.45) is 5.92 Å². The molecule has 0 spiro atoms. The Labute approximate surface area is 160 Å². The minimum absolute atomic E-state index is 0.185. The van der Waals surface area contributed by atoms with Crippen LogP contribution >= 0.6 is 0 Å². The highest BCUT2D eigenvalue weighted by Crippen LogP contribution is 2.30. The first-order chi connectivity index (χ1) is 13.3. The van der Waals surface area contributed by atoms with Crippen molar-refractivity contribution in [1.82, 2.24) is 19.7 Å². The van der Waals surface area contributed by atoms with E-state index in [0.29, 0.717) is 38.0 Å². The molecule has 0 N–H and O–H groups in total. The summed E-state index contributed by atoms with van der Waals surface area (Å²) in [5, 5.41) is 4.49. The molecule has 2 aromatic rings. The van der Waals surface area contributed by atoms with Crippen molar-refractivity contribution in [3.05, 3.63) is 48.0 Å². The molecule has 2 aromatic heterocycles. The van der Waals surface area contributed by atoms with Crippen LogP contribution in [-0.4, -0.2) is 38.7 Å². The van der Waals surface area contributed by atoms with E-state index in [1.54, 1.807) is 6.20 Å². The molecule has 27 heavy (non-hydrogen) atoms. The molecule has 1 aliphatic heterocycles. The number of pyridine rings is 1. The van der Waals surface area contributed by atoms with Gasteiger partial charge >= 0.3 is 0 Å². The summed E-state index contributed by atoms with van der Waals surface area (Å²) in [4.78, 5) is 18.9. The molecule has 0 unspecified atom stereocenters. The minimum atomic E-state index is 0.185. The summed E-state index contributed by atoms with van der Waals surface area (Å²) in [7, 11) is 0. The fraction of sp³-hybridized carbons (Fsp3) is 0.571. The molecule has 6 heteroatoms. The van der Waals surface area contributed by atoms with Gasteiger partial charge in [0, 0.05) is 38.2 Å². The van der Waals surface area contributed by atoms with Gasteiger partial charge in [-0.25, -0.2) is 0 Å². The summed E-state index contributed by atoms with van der Waals surface area (Å²) < 4.78 is 7.91. The van der Waals surface area contributed by atoms with Gasteiger partial charge < -0.3 is 9.64 Å². The number of carbonyl (C=O) groups excluding carboxylic acids is 1. The SMILES string of the molecule is O=C(CC1CCCC1)N1Cc2ccnn2[C@H](CCOCc2cccnc2)C1. The summed E-state index contributed by atoms with van der Waals surface area (Å²) in [6.07, 6.45) is 12.0. The largest absolute Gasteiger partial charge is 0.377 e. The Hall–Kier alpha value is -2.21. The first kappa shape index (κ1) is 18.2. The summed E-state index contributed by atoms with van der Waals surface area (Å²) in [6, 6.07) is 6.15. The Morgan fingerprint density at radius 2 is 2.11 bits per heavy atom. The van der Waals surface area contributed by atoms with E-state index in [-0.39, 0.29) is 6.04 Å². The molecule has 0 radical (unpaired) electrons. The second-order valence-electron chi connectivity index (χ2n) is 7.75. The van der Waals surface area contributed by atoms with Crippen LogP contribution in [0.1, 0.15) is 55.8 Å². The van der Waals surface area contributed by atoms with Crippen LogP contribution in [0.2, 0.25) is 0 Å². The number of amides is 1. The maximum atomic E-state index is 12.8. The summed E-state index contributed by atoms with van der Waals surface area (Å²) in [6.45, 7) is 2.62. The molecule has 1 fully saturated rings. The number of carbonyl (C=O) groups is 1. The smallest absolute Gasteiger partial charge is 0.223 e. The third-order valence-electron chi connectivity index (χ3n) is 5.76. The predicted octanol–water partition coefficient (Wildman–Crippen LogP) is 3.35. The van der Waals surface area contributed by atoms with Gasteiger partial charge in [0.15, 0.2) is 0 Å². The Kier molecular flexibility index (Phi) is 5.82. The Bertz CT molecular complexity index is 740.